The largest absolute Gasteiger partial charge is 0.467 e. The number of nitrogens with one attached hydrogen (secondary N) is 1. The molecule has 0 bridgehead atoms. The molecule has 1 atom stereocenters. The molecule has 0 saturated carbocycles. The molecule has 2 aromatic carbocycles. The molecule has 176 valence electrons. The standard InChI is InChI=1S/C27H30N4O3/c1-17-22-15-20-9-6-10-21(20)16-23(22)29-27(28-17)31-13-11-19(12-14-31)25(32)30-24(26(33)34-2)18-7-4-3-5-8-18/h3-5,7-8,15-16,19,24H,6,9-14H2,1-2H3,(H,30,32)/t24-/m0/s1. The van der Waals surface area contributed by atoms with Gasteiger partial charge in [0, 0.05) is 24.4 Å². The Kier molecular flexibility index (Phi) is 6.18. The first-order chi connectivity index (χ1) is 16.5. The molecule has 0 spiro atoms. The monoisotopic (exact) mass is 458 g/mol. The maximum absolute atomic E-state index is 13.0. The van der Waals surface area contributed by atoms with Crippen LogP contribution in [-0.2, 0) is 27.2 Å². The van der Waals surface area contributed by atoms with Gasteiger partial charge in [0.2, 0.25) is 11.9 Å². The van der Waals surface area contributed by atoms with Gasteiger partial charge in [0.05, 0.1) is 18.3 Å². The lowest BCUT2D eigenvalue weighted by Crippen LogP contribution is -2.43. The molecular weight excluding hydrogens is 428 g/mol. The molecule has 7 nitrogen and oxygen atoms in total. The lowest BCUT2D eigenvalue weighted by atomic mass is 9.95. The fourth-order valence-corrected chi connectivity index (χ4v) is 5.12. The fraction of sp³-hybridized carbons (Fsp3) is 0.407. The average molecular weight is 459 g/mol. The predicted octanol–water partition coefficient (Wildman–Crippen LogP) is 3.67. The number of nitrogens with zero attached hydrogens (tertiary/aromatic N) is 3. The topological polar surface area (TPSA) is 84.4 Å². The Labute approximate surface area is 199 Å². The molecule has 1 aliphatic carbocycles. The molecule has 1 amide bonds. The Balaban J connectivity index is 1.27. The smallest absolute Gasteiger partial charge is 0.333 e. The van der Waals surface area contributed by atoms with Crippen LogP contribution in [0.4, 0.5) is 5.95 Å². The van der Waals surface area contributed by atoms with Crippen molar-refractivity contribution in [3.05, 3.63) is 64.8 Å². The molecular formula is C27H30N4O3. The second-order valence-electron chi connectivity index (χ2n) is 9.24. The maximum atomic E-state index is 13.0. The second kappa shape index (κ2) is 9.41. The summed E-state index contributed by atoms with van der Waals surface area (Å²) in [5.41, 5.74) is 5.56. The SMILES string of the molecule is COC(=O)[C@@H](NC(=O)C1CCN(c2nc(C)c3cc4c(cc3n2)CCC4)CC1)c1ccccc1. The highest BCUT2D eigenvalue weighted by atomic mass is 16.5. The van der Waals surface area contributed by atoms with Crippen molar-refractivity contribution in [3.63, 3.8) is 0 Å². The highest BCUT2D eigenvalue weighted by Gasteiger charge is 2.31. The molecule has 1 aliphatic heterocycles. The summed E-state index contributed by atoms with van der Waals surface area (Å²) in [6.45, 7) is 3.44. The molecule has 1 aromatic heterocycles. The number of esters is 1. The summed E-state index contributed by atoms with van der Waals surface area (Å²) >= 11 is 0. The summed E-state index contributed by atoms with van der Waals surface area (Å²) in [6.07, 6.45) is 4.84. The van der Waals surface area contributed by atoms with E-state index in [2.05, 4.69) is 22.3 Å². The summed E-state index contributed by atoms with van der Waals surface area (Å²) in [7, 11) is 1.34. The Morgan fingerprint density at radius 1 is 1.06 bits per heavy atom. The fourth-order valence-electron chi connectivity index (χ4n) is 5.12. The van der Waals surface area contributed by atoms with Gasteiger partial charge in [-0.25, -0.2) is 14.8 Å². The summed E-state index contributed by atoms with van der Waals surface area (Å²) in [5.74, 6) is -0.0240. The van der Waals surface area contributed by atoms with Crippen LogP contribution in [0.1, 0.15) is 47.7 Å². The minimum absolute atomic E-state index is 0.120. The van der Waals surface area contributed by atoms with E-state index in [1.807, 2.05) is 37.3 Å². The number of amides is 1. The first-order valence-electron chi connectivity index (χ1n) is 12.0. The number of anilines is 1. The van der Waals surface area contributed by atoms with Crippen molar-refractivity contribution in [1.29, 1.82) is 0 Å². The number of benzene rings is 2. The molecule has 34 heavy (non-hydrogen) atoms. The van der Waals surface area contributed by atoms with Crippen LogP contribution in [-0.4, -0.2) is 42.0 Å². The van der Waals surface area contributed by atoms with E-state index in [4.69, 9.17) is 14.7 Å². The quantitative estimate of drug-likeness (QED) is 0.588. The predicted molar refractivity (Wildman–Crippen MR) is 131 cm³/mol. The van der Waals surface area contributed by atoms with Gasteiger partial charge in [-0.3, -0.25) is 4.79 Å². The van der Waals surface area contributed by atoms with E-state index in [1.165, 1.54) is 24.7 Å². The third-order valence-electron chi connectivity index (χ3n) is 7.09. The molecule has 0 radical (unpaired) electrons. The van der Waals surface area contributed by atoms with E-state index in [0.29, 0.717) is 31.5 Å². The van der Waals surface area contributed by atoms with E-state index >= 15 is 0 Å². The Morgan fingerprint density at radius 2 is 1.76 bits per heavy atom. The summed E-state index contributed by atoms with van der Waals surface area (Å²) < 4.78 is 4.93. The van der Waals surface area contributed by atoms with Crippen LogP contribution in [0.2, 0.25) is 0 Å². The number of rotatable bonds is 5. The van der Waals surface area contributed by atoms with Crippen molar-refractivity contribution in [2.45, 2.75) is 45.1 Å². The minimum atomic E-state index is -0.801. The number of carbonyl (C=O) groups is 2. The number of piperidine rings is 1. The lowest BCUT2D eigenvalue weighted by molar-refractivity contribution is -0.146. The zero-order valence-corrected chi connectivity index (χ0v) is 19.7. The maximum Gasteiger partial charge on any atom is 0.333 e. The molecule has 2 heterocycles. The Hall–Kier alpha value is -3.48. The van der Waals surface area contributed by atoms with Crippen LogP contribution < -0.4 is 10.2 Å². The van der Waals surface area contributed by atoms with Crippen LogP contribution in [0.25, 0.3) is 10.9 Å². The third kappa shape index (κ3) is 4.34. The van der Waals surface area contributed by atoms with Gasteiger partial charge in [0.15, 0.2) is 6.04 Å². The lowest BCUT2D eigenvalue weighted by Gasteiger charge is -2.32. The average Bonchev–Trinajstić information content (AvgIpc) is 3.33. The zero-order chi connectivity index (χ0) is 23.7. The van der Waals surface area contributed by atoms with E-state index in [0.717, 1.165) is 35.4 Å². The third-order valence-corrected chi connectivity index (χ3v) is 7.09. The van der Waals surface area contributed by atoms with Crippen LogP contribution in [0.5, 0.6) is 0 Å². The van der Waals surface area contributed by atoms with Crippen LogP contribution in [0, 0.1) is 12.8 Å². The molecule has 0 unspecified atom stereocenters. The molecule has 3 aromatic rings. The van der Waals surface area contributed by atoms with Gasteiger partial charge in [-0.15, -0.1) is 0 Å². The summed E-state index contributed by atoms with van der Waals surface area (Å²) in [4.78, 5) is 37.2. The first kappa shape index (κ1) is 22.3. The van der Waals surface area contributed by atoms with Crippen molar-refractivity contribution in [1.82, 2.24) is 15.3 Å². The van der Waals surface area contributed by atoms with E-state index in [1.54, 1.807) is 0 Å². The number of carbonyl (C=O) groups excluding carboxylic acids is 2. The number of fused-ring (bicyclic) bond motifs is 2. The van der Waals surface area contributed by atoms with Crippen molar-refractivity contribution < 1.29 is 14.3 Å². The number of hydrogen-bond acceptors (Lipinski definition) is 6. The minimum Gasteiger partial charge on any atom is -0.467 e. The van der Waals surface area contributed by atoms with Gasteiger partial charge in [-0.05, 0) is 67.9 Å². The summed E-state index contributed by atoms with van der Waals surface area (Å²) in [6, 6.07) is 12.9. The molecule has 7 heteroatoms. The second-order valence-corrected chi connectivity index (χ2v) is 9.24. The highest BCUT2D eigenvalue weighted by Crippen LogP contribution is 2.30. The normalized spacial score (nSPS) is 16.8. The first-order valence-corrected chi connectivity index (χ1v) is 12.0. The van der Waals surface area contributed by atoms with Crippen molar-refractivity contribution in [2.75, 3.05) is 25.1 Å². The number of ether oxygens (including phenoxy) is 1. The molecule has 1 fully saturated rings. The van der Waals surface area contributed by atoms with Gasteiger partial charge in [-0.2, -0.15) is 0 Å². The number of aromatic nitrogens is 2. The van der Waals surface area contributed by atoms with Crippen LogP contribution in [0.15, 0.2) is 42.5 Å². The Bertz CT molecular complexity index is 1220. The zero-order valence-electron chi connectivity index (χ0n) is 19.7. The van der Waals surface area contributed by atoms with E-state index in [-0.39, 0.29) is 11.8 Å². The van der Waals surface area contributed by atoms with Gasteiger partial charge < -0.3 is 15.0 Å². The number of methoxy groups -OCH3 is 1. The van der Waals surface area contributed by atoms with Gasteiger partial charge in [0.1, 0.15) is 0 Å². The van der Waals surface area contributed by atoms with Crippen molar-refractivity contribution in [2.24, 2.45) is 5.92 Å². The molecule has 1 N–H and O–H groups in total. The van der Waals surface area contributed by atoms with E-state index in [9.17, 15) is 9.59 Å². The van der Waals surface area contributed by atoms with Crippen molar-refractivity contribution in [3.8, 4) is 0 Å². The van der Waals surface area contributed by atoms with Gasteiger partial charge in [-0.1, -0.05) is 30.3 Å². The van der Waals surface area contributed by atoms with Crippen LogP contribution in [0.3, 0.4) is 0 Å². The van der Waals surface area contributed by atoms with Gasteiger partial charge in [0.25, 0.3) is 0 Å². The Morgan fingerprint density at radius 3 is 2.47 bits per heavy atom. The number of hydrogen-bond donors (Lipinski definition) is 1. The van der Waals surface area contributed by atoms with Gasteiger partial charge >= 0.3 is 5.97 Å². The molecule has 1 saturated heterocycles. The summed E-state index contributed by atoms with van der Waals surface area (Å²) in [5, 5.41) is 4.04. The van der Waals surface area contributed by atoms with E-state index < -0.39 is 12.0 Å². The van der Waals surface area contributed by atoms with Crippen LogP contribution >= 0.6 is 0 Å². The van der Waals surface area contributed by atoms with Crippen molar-refractivity contribution >= 4 is 28.7 Å². The molecule has 2 aliphatic rings. The molecule has 5 rings (SSSR count). The number of aryl methyl sites for hydroxylation is 3. The highest BCUT2D eigenvalue weighted by molar-refractivity contribution is 5.87.